The molecule has 1 atom stereocenters. The summed E-state index contributed by atoms with van der Waals surface area (Å²) in [7, 11) is 7.51. The van der Waals surface area contributed by atoms with Crippen LogP contribution in [-0.4, -0.2) is 57.8 Å². The molecule has 0 bridgehead atoms. The average molecular weight is 338 g/mol. The highest BCUT2D eigenvalue weighted by Gasteiger charge is 2.42. The van der Waals surface area contributed by atoms with Gasteiger partial charge in [0.05, 0.1) is 39.1 Å². The van der Waals surface area contributed by atoms with Crippen LogP contribution in [-0.2, 0) is 19.1 Å². The van der Waals surface area contributed by atoms with E-state index in [9.17, 15) is 9.59 Å². The molecular weight excluding hydrogens is 306 g/mol. The molecule has 0 saturated carbocycles. The maximum atomic E-state index is 12.4. The van der Waals surface area contributed by atoms with E-state index in [2.05, 4.69) is 0 Å². The van der Waals surface area contributed by atoms with Gasteiger partial charge in [-0.2, -0.15) is 0 Å². The van der Waals surface area contributed by atoms with E-state index in [1.807, 2.05) is 35.0 Å². The second kappa shape index (κ2) is 8.73. The van der Waals surface area contributed by atoms with Gasteiger partial charge in [-0.3, -0.25) is 9.59 Å². The van der Waals surface area contributed by atoms with E-state index in [1.165, 1.54) is 7.11 Å². The van der Waals surface area contributed by atoms with Crippen molar-refractivity contribution >= 4 is 11.9 Å². The number of halogens is 1. The molecule has 0 heterocycles. The Labute approximate surface area is 141 Å². The van der Waals surface area contributed by atoms with Crippen molar-refractivity contribution in [1.82, 2.24) is 0 Å². The molecule has 6 heteroatoms. The Morgan fingerprint density at radius 3 is 1.91 bits per heavy atom. The van der Waals surface area contributed by atoms with Crippen LogP contribution in [0.25, 0.3) is 0 Å². The third-order valence-electron chi connectivity index (χ3n) is 3.84. The smallest absolute Gasteiger partial charge is 0.312 e. The van der Waals surface area contributed by atoms with Crippen LogP contribution in [0.5, 0.6) is 0 Å². The van der Waals surface area contributed by atoms with Crippen LogP contribution in [0.3, 0.4) is 0 Å². The standard InChI is InChI=1S/C16H32NO4.ClH/c1-9-16(4,12-15(2,3)13(18)20-8)14(19)21-11-10-17(5,6)7;/h9-12H2,1-8H3;1H/q+1;/p-1. The molecule has 0 aliphatic carbocycles. The molecule has 0 saturated heterocycles. The molecule has 0 aliphatic heterocycles. The van der Waals surface area contributed by atoms with E-state index in [4.69, 9.17) is 9.47 Å². The molecule has 0 aromatic heterocycles. The quantitative estimate of drug-likeness (QED) is 0.432. The fourth-order valence-electron chi connectivity index (χ4n) is 2.25. The SMILES string of the molecule is CCC(C)(CC(C)(C)C(=O)OC)C(=O)OCC[N+](C)(C)C.[Cl-]. The number of esters is 2. The number of methoxy groups -OCH3 is 1. The van der Waals surface area contributed by atoms with Crippen LogP contribution in [0.15, 0.2) is 0 Å². The number of hydrogen-bond acceptors (Lipinski definition) is 4. The Bertz CT molecular complexity index is 377. The molecule has 0 N–H and O–H groups in total. The largest absolute Gasteiger partial charge is 1.00 e. The number of quaternary nitrogens is 1. The molecule has 0 rings (SSSR count). The zero-order valence-corrected chi connectivity index (χ0v) is 16.0. The van der Waals surface area contributed by atoms with E-state index < -0.39 is 10.8 Å². The summed E-state index contributed by atoms with van der Waals surface area (Å²) < 4.78 is 11.0. The number of carbonyl (C=O) groups excluding carboxylic acids is 2. The van der Waals surface area contributed by atoms with Gasteiger partial charge >= 0.3 is 11.9 Å². The number of carbonyl (C=O) groups is 2. The lowest BCUT2D eigenvalue weighted by Gasteiger charge is -2.33. The number of nitrogens with zero attached hydrogens (tertiary/aromatic N) is 1. The molecule has 0 aromatic rings. The monoisotopic (exact) mass is 337 g/mol. The van der Waals surface area contributed by atoms with Crippen molar-refractivity contribution in [2.75, 3.05) is 41.4 Å². The van der Waals surface area contributed by atoms with Crippen molar-refractivity contribution in [3.8, 4) is 0 Å². The summed E-state index contributed by atoms with van der Waals surface area (Å²) in [5, 5.41) is 0. The molecule has 0 fully saturated rings. The maximum absolute atomic E-state index is 12.4. The molecule has 0 aliphatic rings. The first-order valence-corrected chi connectivity index (χ1v) is 7.44. The summed E-state index contributed by atoms with van der Waals surface area (Å²) >= 11 is 0. The Kier molecular flexibility index (Phi) is 9.30. The molecular formula is C16H32ClNO4. The van der Waals surface area contributed by atoms with E-state index in [-0.39, 0.29) is 24.3 Å². The molecule has 0 radical (unpaired) electrons. The van der Waals surface area contributed by atoms with Gasteiger partial charge in [0.25, 0.3) is 0 Å². The lowest BCUT2D eigenvalue weighted by Crippen LogP contribution is -3.00. The van der Waals surface area contributed by atoms with Crippen LogP contribution in [0.4, 0.5) is 0 Å². The Morgan fingerprint density at radius 2 is 1.55 bits per heavy atom. The summed E-state index contributed by atoms with van der Waals surface area (Å²) in [5.41, 5.74) is -1.39. The summed E-state index contributed by atoms with van der Waals surface area (Å²) in [4.78, 5) is 24.2. The minimum atomic E-state index is -0.710. The van der Waals surface area contributed by atoms with Crippen LogP contribution in [0.1, 0.15) is 40.5 Å². The molecule has 1 unspecified atom stereocenters. The average Bonchev–Trinajstić information content (AvgIpc) is 2.35. The summed E-state index contributed by atoms with van der Waals surface area (Å²) in [6.45, 7) is 8.53. The van der Waals surface area contributed by atoms with Gasteiger partial charge in [-0.15, -0.1) is 0 Å². The molecule has 132 valence electrons. The minimum Gasteiger partial charge on any atom is -1.00 e. The van der Waals surface area contributed by atoms with Gasteiger partial charge in [0.1, 0.15) is 13.2 Å². The predicted molar refractivity (Wildman–Crippen MR) is 82.7 cm³/mol. The summed E-state index contributed by atoms with van der Waals surface area (Å²) in [6.07, 6.45) is 1.03. The fourth-order valence-corrected chi connectivity index (χ4v) is 2.25. The Morgan fingerprint density at radius 1 is 1.05 bits per heavy atom. The van der Waals surface area contributed by atoms with Gasteiger partial charge in [0, 0.05) is 0 Å². The van der Waals surface area contributed by atoms with Crippen LogP contribution in [0.2, 0.25) is 0 Å². The highest BCUT2D eigenvalue weighted by atomic mass is 35.5. The van der Waals surface area contributed by atoms with E-state index in [1.54, 1.807) is 13.8 Å². The Balaban J connectivity index is 0. The highest BCUT2D eigenvalue weighted by Crippen LogP contribution is 2.38. The van der Waals surface area contributed by atoms with Gasteiger partial charge in [-0.25, -0.2) is 0 Å². The normalized spacial score (nSPS) is 14.5. The van der Waals surface area contributed by atoms with Crippen molar-refractivity contribution in [2.24, 2.45) is 10.8 Å². The summed E-state index contributed by atoms with van der Waals surface area (Å²) in [6, 6.07) is 0. The van der Waals surface area contributed by atoms with Crippen molar-refractivity contribution in [3.05, 3.63) is 0 Å². The van der Waals surface area contributed by atoms with Crippen molar-refractivity contribution in [3.63, 3.8) is 0 Å². The minimum absolute atomic E-state index is 0. The van der Waals surface area contributed by atoms with Gasteiger partial charge in [-0.1, -0.05) is 6.92 Å². The van der Waals surface area contributed by atoms with Crippen molar-refractivity contribution in [1.29, 1.82) is 0 Å². The zero-order valence-electron chi connectivity index (χ0n) is 15.3. The van der Waals surface area contributed by atoms with Gasteiger partial charge in [0.15, 0.2) is 0 Å². The highest BCUT2D eigenvalue weighted by molar-refractivity contribution is 5.80. The number of likely N-dealkylation sites (N-methyl/N-ethyl adjacent to an activating group) is 1. The van der Waals surface area contributed by atoms with Crippen LogP contribution < -0.4 is 12.4 Å². The van der Waals surface area contributed by atoms with Crippen LogP contribution >= 0.6 is 0 Å². The number of rotatable bonds is 8. The van der Waals surface area contributed by atoms with Gasteiger partial charge < -0.3 is 26.4 Å². The molecule has 5 nitrogen and oxygen atoms in total. The van der Waals surface area contributed by atoms with E-state index in [0.29, 0.717) is 19.4 Å². The number of hydrogen-bond donors (Lipinski definition) is 0. The lowest BCUT2D eigenvalue weighted by molar-refractivity contribution is -0.870. The van der Waals surface area contributed by atoms with Crippen molar-refractivity contribution < 1.29 is 36.0 Å². The zero-order chi connectivity index (χ0) is 16.9. The van der Waals surface area contributed by atoms with Crippen LogP contribution in [0, 0.1) is 10.8 Å². The lowest BCUT2D eigenvalue weighted by atomic mass is 9.72. The third-order valence-corrected chi connectivity index (χ3v) is 3.84. The topological polar surface area (TPSA) is 52.6 Å². The summed E-state index contributed by atoms with van der Waals surface area (Å²) in [5.74, 6) is -0.545. The van der Waals surface area contributed by atoms with Crippen molar-refractivity contribution in [2.45, 2.75) is 40.5 Å². The molecule has 0 aromatic carbocycles. The maximum Gasteiger partial charge on any atom is 0.312 e. The first-order valence-electron chi connectivity index (χ1n) is 7.44. The first-order chi connectivity index (χ1) is 9.38. The second-order valence-electron chi connectivity index (χ2n) is 7.62. The fraction of sp³-hybridized carbons (Fsp3) is 0.875. The van der Waals surface area contributed by atoms with E-state index in [0.717, 1.165) is 11.0 Å². The van der Waals surface area contributed by atoms with Gasteiger partial charge in [-0.05, 0) is 33.6 Å². The molecule has 22 heavy (non-hydrogen) atoms. The first kappa shape index (κ1) is 23.5. The predicted octanol–water partition coefficient (Wildman–Crippen LogP) is -0.755. The van der Waals surface area contributed by atoms with Gasteiger partial charge in [0.2, 0.25) is 0 Å². The number of ether oxygens (including phenoxy) is 2. The second-order valence-corrected chi connectivity index (χ2v) is 7.62. The van der Waals surface area contributed by atoms with E-state index >= 15 is 0 Å². The third kappa shape index (κ3) is 7.45. The molecule has 0 amide bonds. The Hall–Kier alpha value is -0.810. The molecule has 0 spiro atoms.